The summed E-state index contributed by atoms with van der Waals surface area (Å²) in [5.74, 6) is 0. The van der Waals surface area contributed by atoms with Crippen LogP contribution >= 0.6 is 15.9 Å². The number of hydrogen-bond donors (Lipinski definition) is 0. The van der Waals surface area contributed by atoms with Crippen molar-refractivity contribution in [1.82, 2.24) is 0 Å². The van der Waals surface area contributed by atoms with Gasteiger partial charge in [0.05, 0.1) is 11.0 Å². The predicted octanol–water partition coefficient (Wildman–Crippen LogP) is 2.29. The van der Waals surface area contributed by atoms with Gasteiger partial charge in [-0.1, -0.05) is 22.0 Å². The van der Waals surface area contributed by atoms with Crippen molar-refractivity contribution in [2.45, 2.75) is 5.33 Å². The first-order valence-electron chi connectivity index (χ1n) is 2.95. The molecule has 0 atom stereocenters. The Kier molecular flexibility index (Phi) is 2.59. The van der Waals surface area contributed by atoms with Crippen LogP contribution in [-0.4, -0.2) is 4.92 Å². The van der Waals surface area contributed by atoms with Crippen LogP contribution in [0, 0.1) is 16.2 Å². The van der Waals surface area contributed by atoms with Gasteiger partial charge in [0.25, 0.3) is 5.69 Å². The second-order valence-corrected chi connectivity index (χ2v) is 2.53. The highest BCUT2D eigenvalue weighted by Gasteiger charge is 2.04. The summed E-state index contributed by atoms with van der Waals surface area (Å²) in [6, 6.07) is 7.35. The lowest BCUT2D eigenvalue weighted by Gasteiger charge is -1.93. The summed E-state index contributed by atoms with van der Waals surface area (Å²) in [5, 5.41) is 10.9. The minimum absolute atomic E-state index is 0.0157. The Morgan fingerprint density at radius 1 is 1.73 bits per heavy atom. The summed E-state index contributed by atoms with van der Waals surface area (Å²) in [6.45, 7) is 0. The lowest BCUT2D eigenvalue weighted by atomic mass is 10.2. The van der Waals surface area contributed by atoms with Crippen molar-refractivity contribution in [1.29, 1.82) is 0 Å². The highest BCUT2D eigenvalue weighted by molar-refractivity contribution is 9.08. The molecule has 57 valence electrons. The van der Waals surface area contributed by atoms with Crippen molar-refractivity contribution in [2.24, 2.45) is 0 Å². The van der Waals surface area contributed by atoms with Crippen molar-refractivity contribution in [2.75, 3.05) is 0 Å². The van der Waals surface area contributed by atoms with E-state index in [1.54, 1.807) is 12.1 Å². The largest absolute Gasteiger partial charge is 0.277 e. The summed E-state index contributed by atoms with van der Waals surface area (Å²) in [7, 11) is 0. The molecule has 0 aliphatic rings. The van der Waals surface area contributed by atoms with Gasteiger partial charge in [-0.25, -0.2) is 0 Å². The van der Waals surface area contributed by atoms with Crippen molar-refractivity contribution in [3.63, 3.8) is 0 Å². The van der Waals surface area contributed by atoms with E-state index in [9.17, 15) is 10.1 Å². The average molecular weight is 215 g/mol. The third kappa shape index (κ3) is 2.01. The van der Waals surface area contributed by atoms with Crippen LogP contribution in [0.1, 0.15) is 5.56 Å². The predicted molar refractivity (Wildman–Crippen MR) is 44.6 cm³/mol. The summed E-state index contributed by atoms with van der Waals surface area (Å²) in [6.07, 6.45) is 0. The van der Waals surface area contributed by atoms with Gasteiger partial charge in [0.1, 0.15) is 0 Å². The molecule has 1 aromatic rings. The van der Waals surface area contributed by atoms with Gasteiger partial charge in [0, 0.05) is 11.4 Å². The smallest absolute Gasteiger partial charge is 0.258 e. The van der Waals surface area contributed by atoms with Crippen LogP contribution in [0.25, 0.3) is 0 Å². The number of non-ortho nitro benzene ring substituents is 1. The van der Waals surface area contributed by atoms with Gasteiger partial charge in [0.2, 0.25) is 0 Å². The molecule has 0 aromatic heterocycles. The van der Waals surface area contributed by atoms with E-state index in [-0.39, 0.29) is 5.69 Å². The Labute approximate surface area is 72.3 Å². The molecule has 0 amide bonds. The zero-order chi connectivity index (χ0) is 8.27. The fourth-order valence-corrected chi connectivity index (χ4v) is 1.04. The topological polar surface area (TPSA) is 43.1 Å². The molecule has 0 saturated heterocycles. The van der Waals surface area contributed by atoms with E-state index in [0.29, 0.717) is 5.33 Å². The van der Waals surface area contributed by atoms with Crippen molar-refractivity contribution >= 4 is 21.6 Å². The van der Waals surface area contributed by atoms with Crippen LogP contribution in [0.2, 0.25) is 0 Å². The first-order chi connectivity index (χ1) is 5.24. The SMILES string of the molecule is O=[N+]([O-])c1[c]ccc(CBr)c1. The average Bonchev–Trinajstić information content (AvgIpc) is 2.05. The second-order valence-electron chi connectivity index (χ2n) is 1.97. The van der Waals surface area contributed by atoms with Crippen LogP contribution < -0.4 is 0 Å². The van der Waals surface area contributed by atoms with E-state index in [4.69, 9.17) is 0 Å². The zero-order valence-electron chi connectivity index (χ0n) is 5.58. The molecule has 0 unspecified atom stereocenters. The molecule has 0 fully saturated rings. The fraction of sp³-hybridized carbons (Fsp3) is 0.143. The maximum Gasteiger partial charge on any atom is 0.277 e. The Hall–Kier alpha value is -0.900. The minimum Gasteiger partial charge on any atom is -0.258 e. The quantitative estimate of drug-likeness (QED) is 0.431. The van der Waals surface area contributed by atoms with E-state index < -0.39 is 4.92 Å². The molecular weight excluding hydrogens is 210 g/mol. The Morgan fingerprint density at radius 2 is 2.45 bits per heavy atom. The van der Waals surface area contributed by atoms with Gasteiger partial charge in [-0.05, 0) is 11.6 Å². The molecule has 3 nitrogen and oxygen atoms in total. The van der Waals surface area contributed by atoms with E-state index in [0.717, 1.165) is 5.56 Å². The van der Waals surface area contributed by atoms with Crippen LogP contribution in [-0.2, 0) is 5.33 Å². The molecule has 4 heteroatoms. The highest BCUT2D eigenvalue weighted by Crippen LogP contribution is 2.13. The molecule has 0 spiro atoms. The van der Waals surface area contributed by atoms with E-state index >= 15 is 0 Å². The first-order valence-corrected chi connectivity index (χ1v) is 4.07. The van der Waals surface area contributed by atoms with Gasteiger partial charge >= 0.3 is 0 Å². The molecule has 0 saturated carbocycles. The summed E-state index contributed by atoms with van der Waals surface area (Å²) in [4.78, 5) is 9.78. The van der Waals surface area contributed by atoms with Gasteiger partial charge in [0.15, 0.2) is 0 Å². The van der Waals surface area contributed by atoms with Crippen molar-refractivity contribution < 1.29 is 4.92 Å². The van der Waals surface area contributed by atoms with E-state index in [1.165, 1.54) is 6.07 Å². The number of alkyl halides is 1. The Balaban J connectivity index is 3.01. The minimum atomic E-state index is -0.452. The van der Waals surface area contributed by atoms with Crippen LogP contribution in [0.4, 0.5) is 5.69 Å². The molecule has 1 rings (SSSR count). The number of rotatable bonds is 2. The van der Waals surface area contributed by atoms with Gasteiger partial charge in [-0.2, -0.15) is 0 Å². The molecular formula is C7H5BrNO2. The third-order valence-corrected chi connectivity index (χ3v) is 1.85. The van der Waals surface area contributed by atoms with Crippen LogP contribution in [0.3, 0.4) is 0 Å². The normalized spacial score (nSPS) is 9.55. The maximum absolute atomic E-state index is 10.2. The maximum atomic E-state index is 10.2. The molecule has 0 N–H and O–H groups in total. The Bertz CT molecular complexity index is 275. The molecule has 1 radical (unpaired) electrons. The number of halogens is 1. The zero-order valence-corrected chi connectivity index (χ0v) is 7.17. The lowest BCUT2D eigenvalue weighted by molar-refractivity contribution is -0.385. The number of hydrogen-bond acceptors (Lipinski definition) is 2. The van der Waals surface area contributed by atoms with Crippen molar-refractivity contribution in [3.8, 4) is 0 Å². The van der Waals surface area contributed by atoms with Gasteiger partial charge in [-0.15, -0.1) is 0 Å². The summed E-state index contributed by atoms with van der Waals surface area (Å²) in [5.41, 5.74) is 0.900. The Morgan fingerprint density at radius 3 is 3.00 bits per heavy atom. The molecule has 0 bridgehead atoms. The first kappa shape index (κ1) is 8.20. The molecule has 0 aliphatic heterocycles. The highest BCUT2D eigenvalue weighted by atomic mass is 79.9. The number of nitrogens with zero attached hydrogens (tertiary/aromatic N) is 1. The summed E-state index contributed by atoms with van der Waals surface area (Å²) < 4.78 is 0. The van der Waals surface area contributed by atoms with Crippen LogP contribution in [0.15, 0.2) is 18.2 Å². The number of nitro benzene ring substituents is 1. The monoisotopic (exact) mass is 214 g/mol. The van der Waals surface area contributed by atoms with Crippen LogP contribution in [0.5, 0.6) is 0 Å². The van der Waals surface area contributed by atoms with E-state index in [1.807, 2.05) is 0 Å². The summed E-state index contributed by atoms with van der Waals surface area (Å²) >= 11 is 3.20. The van der Waals surface area contributed by atoms with Gasteiger partial charge in [-0.3, -0.25) is 10.1 Å². The molecule has 0 heterocycles. The standard InChI is InChI=1S/C7H5BrNO2/c8-5-6-2-1-3-7(4-6)9(10)11/h1-2,4H,5H2. The molecule has 0 aliphatic carbocycles. The number of nitro groups is 1. The molecule has 11 heavy (non-hydrogen) atoms. The fourth-order valence-electron chi connectivity index (χ4n) is 0.688. The van der Waals surface area contributed by atoms with Gasteiger partial charge < -0.3 is 0 Å². The number of benzene rings is 1. The second kappa shape index (κ2) is 3.48. The lowest BCUT2D eigenvalue weighted by Crippen LogP contribution is -1.88. The molecule has 1 aromatic carbocycles. The third-order valence-electron chi connectivity index (χ3n) is 1.20. The van der Waals surface area contributed by atoms with E-state index in [2.05, 4.69) is 22.0 Å². The van der Waals surface area contributed by atoms with Crippen molar-refractivity contribution in [3.05, 3.63) is 39.9 Å².